The minimum Gasteiger partial charge on any atom is -0.484 e. The number of benzene rings is 2. The highest BCUT2D eigenvalue weighted by Crippen LogP contribution is 2.27. The van der Waals surface area contributed by atoms with E-state index in [4.69, 9.17) is 9.26 Å². The number of carbonyl (C=O) groups excluding carboxylic acids is 1. The molecule has 1 aliphatic rings. The highest BCUT2D eigenvalue weighted by Gasteiger charge is 2.31. The zero-order valence-electron chi connectivity index (χ0n) is 22.7. The number of ether oxygens (including phenoxy) is 2. The number of pyridine rings is 1. The molecule has 232 valence electrons. The Balaban J connectivity index is 1.08. The van der Waals surface area contributed by atoms with Gasteiger partial charge in [0.15, 0.2) is 6.61 Å². The summed E-state index contributed by atoms with van der Waals surface area (Å²) in [5, 5.41) is 6.63. The van der Waals surface area contributed by atoms with Crippen molar-refractivity contribution in [3.05, 3.63) is 72.4 Å². The van der Waals surface area contributed by atoms with Gasteiger partial charge in [0, 0.05) is 38.3 Å². The van der Waals surface area contributed by atoms with Gasteiger partial charge in [-0.1, -0.05) is 17.3 Å². The molecule has 44 heavy (non-hydrogen) atoms. The van der Waals surface area contributed by atoms with Gasteiger partial charge in [-0.2, -0.15) is 18.2 Å². The number of alkyl halides is 6. The molecule has 4 aromatic rings. The van der Waals surface area contributed by atoms with Crippen LogP contribution in [0.5, 0.6) is 11.5 Å². The Morgan fingerprint density at radius 1 is 0.886 bits per heavy atom. The van der Waals surface area contributed by atoms with Crippen LogP contribution in [0.25, 0.3) is 23.0 Å². The Bertz CT molecular complexity index is 1540. The normalized spacial score (nSPS) is 14.4. The lowest BCUT2D eigenvalue weighted by Gasteiger charge is -2.34. The lowest BCUT2D eigenvalue weighted by Crippen LogP contribution is -2.49. The van der Waals surface area contributed by atoms with Crippen LogP contribution in [0.2, 0.25) is 0 Å². The van der Waals surface area contributed by atoms with Crippen LogP contribution >= 0.6 is 0 Å². The number of nitrogens with zero attached hydrogens (tertiary/aromatic N) is 5. The second-order valence-electron chi connectivity index (χ2n) is 9.67. The molecule has 1 fully saturated rings. The van der Waals surface area contributed by atoms with E-state index in [1.165, 1.54) is 30.5 Å². The van der Waals surface area contributed by atoms with Gasteiger partial charge < -0.3 is 24.2 Å². The molecule has 0 unspecified atom stereocenters. The van der Waals surface area contributed by atoms with Crippen LogP contribution in [0.4, 0.5) is 36.8 Å². The smallest absolute Gasteiger partial charge is 0.484 e. The van der Waals surface area contributed by atoms with Crippen molar-refractivity contribution in [1.29, 1.82) is 0 Å². The molecule has 1 aliphatic heterocycles. The Morgan fingerprint density at radius 2 is 1.57 bits per heavy atom. The van der Waals surface area contributed by atoms with E-state index in [-0.39, 0.29) is 29.2 Å². The van der Waals surface area contributed by atoms with Crippen molar-refractivity contribution in [1.82, 2.24) is 24.9 Å². The van der Waals surface area contributed by atoms with E-state index in [0.29, 0.717) is 49.7 Å². The summed E-state index contributed by atoms with van der Waals surface area (Å²) < 4.78 is 87.8. The Hall–Kier alpha value is -4.86. The SMILES string of the molecule is O=C(Nc1ccc(-c2nc(-c3ccc(OC(F)(F)F)cc3)no2)nc1)N1CCN(Cc2ccc(OCC(F)(F)F)cc2)CC1. The summed E-state index contributed by atoms with van der Waals surface area (Å²) in [7, 11) is 0. The number of halogens is 6. The van der Waals surface area contributed by atoms with Crippen LogP contribution in [0, 0.1) is 0 Å². The summed E-state index contributed by atoms with van der Waals surface area (Å²) in [5.74, 6) is -0.0167. The fraction of sp³-hybridized carbons (Fsp3) is 0.286. The number of nitrogens with one attached hydrogen (secondary N) is 1. The van der Waals surface area contributed by atoms with Crippen molar-refractivity contribution >= 4 is 11.7 Å². The van der Waals surface area contributed by atoms with Crippen LogP contribution in [-0.2, 0) is 6.54 Å². The van der Waals surface area contributed by atoms with Crippen molar-refractivity contribution in [2.75, 3.05) is 38.1 Å². The molecule has 0 saturated carbocycles. The molecule has 1 saturated heterocycles. The van der Waals surface area contributed by atoms with E-state index in [1.54, 1.807) is 29.2 Å². The maximum atomic E-state index is 12.8. The van der Waals surface area contributed by atoms with Crippen LogP contribution < -0.4 is 14.8 Å². The van der Waals surface area contributed by atoms with Gasteiger partial charge in [-0.15, -0.1) is 13.2 Å². The van der Waals surface area contributed by atoms with Crippen LogP contribution in [0.1, 0.15) is 5.56 Å². The fourth-order valence-corrected chi connectivity index (χ4v) is 4.27. The standard InChI is InChI=1S/C28H24F6N6O4/c29-27(30,31)17-42-21-6-1-18(2-7-21)16-39-11-13-40(14-12-39)26(41)36-20-5-10-23(35-15-20)25-37-24(38-44-25)19-3-8-22(9-4-19)43-28(32,33)34/h1-10,15H,11-14,16-17H2,(H,36,41). The van der Waals surface area contributed by atoms with Gasteiger partial charge in [-0.3, -0.25) is 4.90 Å². The van der Waals surface area contributed by atoms with Crippen LogP contribution in [0.3, 0.4) is 0 Å². The molecule has 1 N–H and O–H groups in total. The van der Waals surface area contributed by atoms with Crippen LogP contribution in [-0.4, -0.2) is 76.3 Å². The van der Waals surface area contributed by atoms with Gasteiger partial charge in [-0.25, -0.2) is 9.78 Å². The van der Waals surface area contributed by atoms with Gasteiger partial charge in [0.2, 0.25) is 5.82 Å². The zero-order valence-corrected chi connectivity index (χ0v) is 22.7. The van der Waals surface area contributed by atoms with Crippen LogP contribution in [0.15, 0.2) is 71.4 Å². The number of urea groups is 1. The lowest BCUT2D eigenvalue weighted by molar-refractivity contribution is -0.274. The third-order valence-electron chi connectivity index (χ3n) is 6.40. The first-order valence-electron chi connectivity index (χ1n) is 13.1. The molecule has 0 bridgehead atoms. The summed E-state index contributed by atoms with van der Waals surface area (Å²) in [6, 6.07) is 14.3. The van der Waals surface area contributed by atoms with Crippen molar-refractivity contribution in [3.63, 3.8) is 0 Å². The van der Waals surface area contributed by atoms with Gasteiger partial charge in [0.1, 0.15) is 17.2 Å². The van der Waals surface area contributed by atoms with Crippen molar-refractivity contribution in [3.8, 4) is 34.5 Å². The van der Waals surface area contributed by atoms with Gasteiger partial charge in [0.25, 0.3) is 5.89 Å². The summed E-state index contributed by atoms with van der Waals surface area (Å²) in [6.45, 7) is 1.39. The Morgan fingerprint density at radius 3 is 2.18 bits per heavy atom. The molecule has 10 nitrogen and oxygen atoms in total. The third kappa shape index (κ3) is 8.59. The monoisotopic (exact) mass is 622 g/mol. The maximum absolute atomic E-state index is 12.8. The highest BCUT2D eigenvalue weighted by molar-refractivity contribution is 5.89. The zero-order chi connectivity index (χ0) is 31.3. The lowest BCUT2D eigenvalue weighted by atomic mass is 10.2. The van der Waals surface area contributed by atoms with E-state index in [9.17, 15) is 31.1 Å². The molecule has 0 aliphatic carbocycles. The fourth-order valence-electron chi connectivity index (χ4n) is 4.27. The Labute approximate surface area is 246 Å². The Kier molecular flexibility index (Phi) is 8.89. The summed E-state index contributed by atoms with van der Waals surface area (Å²) in [6.07, 6.45) is -7.76. The molecule has 2 aromatic carbocycles. The topological polar surface area (TPSA) is 106 Å². The number of aromatic nitrogens is 3. The summed E-state index contributed by atoms with van der Waals surface area (Å²) in [5.41, 5.74) is 2.09. The third-order valence-corrected chi connectivity index (χ3v) is 6.40. The molecular formula is C28H24F6N6O4. The predicted octanol–water partition coefficient (Wildman–Crippen LogP) is 5.99. The number of rotatable bonds is 8. The molecule has 5 rings (SSSR count). The maximum Gasteiger partial charge on any atom is 0.573 e. The number of piperazine rings is 1. The van der Waals surface area contributed by atoms with Crippen molar-refractivity contribution in [2.45, 2.75) is 19.1 Å². The molecule has 0 spiro atoms. The van der Waals surface area contributed by atoms with Gasteiger partial charge in [0.05, 0.1) is 11.9 Å². The highest BCUT2D eigenvalue weighted by atomic mass is 19.4. The second-order valence-corrected chi connectivity index (χ2v) is 9.67. The van der Waals surface area contributed by atoms with Crippen molar-refractivity contribution < 1.29 is 45.1 Å². The largest absolute Gasteiger partial charge is 0.573 e. The number of hydrogen-bond acceptors (Lipinski definition) is 8. The summed E-state index contributed by atoms with van der Waals surface area (Å²) >= 11 is 0. The molecule has 0 radical (unpaired) electrons. The molecule has 0 atom stereocenters. The molecule has 2 aromatic heterocycles. The molecule has 2 amide bonds. The van der Waals surface area contributed by atoms with Gasteiger partial charge >= 0.3 is 18.6 Å². The minimum atomic E-state index is -4.80. The minimum absolute atomic E-state index is 0.0769. The number of carbonyl (C=O) groups is 1. The van der Waals surface area contributed by atoms with Gasteiger partial charge in [-0.05, 0) is 54.1 Å². The molecule has 16 heteroatoms. The average Bonchev–Trinajstić information content (AvgIpc) is 3.47. The average molecular weight is 623 g/mol. The van der Waals surface area contributed by atoms with E-state index >= 15 is 0 Å². The van der Waals surface area contributed by atoms with E-state index in [2.05, 4.69) is 30.1 Å². The molecular weight excluding hydrogens is 598 g/mol. The first-order valence-corrected chi connectivity index (χ1v) is 13.1. The summed E-state index contributed by atoms with van der Waals surface area (Å²) in [4.78, 5) is 25.1. The predicted molar refractivity (Wildman–Crippen MR) is 144 cm³/mol. The van der Waals surface area contributed by atoms with Crippen molar-refractivity contribution in [2.24, 2.45) is 0 Å². The first-order chi connectivity index (χ1) is 20.9. The quantitative estimate of drug-likeness (QED) is 0.239. The van der Waals surface area contributed by atoms with E-state index in [1.807, 2.05) is 0 Å². The number of amides is 2. The van der Waals surface area contributed by atoms with E-state index < -0.39 is 19.1 Å². The second kappa shape index (κ2) is 12.8. The first kappa shape index (κ1) is 30.6. The number of anilines is 1. The molecule has 3 heterocycles. The van der Waals surface area contributed by atoms with E-state index in [0.717, 1.165) is 17.7 Å². The number of hydrogen-bond donors (Lipinski definition) is 1.